The van der Waals surface area contributed by atoms with Crippen LogP contribution in [0.3, 0.4) is 0 Å². The average Bonchev–Trinajstić information content (AvgIpc) is 2.65. The number of hydrogen-bond acceptors (Lipinski definition) is 5. The standard InChI is InChI=1S/C19H21NO4S/c1-3-12-23-15-10-8-14(9-11-15)19(22)24-13-18(21)20-16-6-4-5-7-17(16)25-2/h4-11H,3,12-13H2,1-2H3,(H,20,21). The Hall–Kier alpha value is -2.47. The van der Waals surface area contributed by atoms with Crippen LogP contribution >= 0.6 is 11.8 Å². The van der Waals surface area contributed by atoms with Crippen molar-refractivity contribution in [3.05, 3.63) is 54.1 Å². The zero-order valence-electron chi connectivity index (χ0n) is 14.3. The summed E-state index contributed by atoms with van der Waals surface area (Å²) in [7, 11) is 0. The van der Waals surface area contributed by atoms with E-state index in [1.807, 2.05) is 31.4 Å². The molecule has 0 saturated heterocycles. The molecule has 0 aromatic heterocycles. The summed E-state index contributed by atoms with van der Waals surface area (Å²) in [6, 6.07) is 14.1. The fraction of sp³-hybridized carbons (Fsp3) is 0.263. The zero-order valence-corrected chi connectivity index (χ0v) is 15.1. The smallest absolute Gasteiger partial charge is 0.338 e. The lowest BCUT2D eigenvalue weighted by atomic mass is 10.2. The highest BCUT2D eigenvalue weighted by Crippen LogP contribution is 2.24. The first-order valence-corrected chi connectivity index (χ1v) is 9.19. The predicted octanol–water partition coefficient (Wildman–Crippen LogP) is 3.99. The van der Waals surface area contributed by atoms with E-state index in [0.29, 0.717) is 23.6 Å². The van der Waals surface area contributed by atoms with Gasteiger partial charge in [-0.25, -0.2) is 4.79 Å². The summed E-state index contributed by atoms with van der Waals surface area (Å²) in [5.74, 6) is -0.224. The number of amides is 1. The highest BCUT2D eigenvalue weighted by atomic mass is 32.2. The second kappa shape index (κ2) is 9.74. The van der Waals surface area contributed by atoms with Gasteiger partial charge in [-0.1, -0.05) is 19.1 Å². The minimum atomic E-state index is -0.546. The van der Waals surface area contributed by atoms with Crippen LogP contribution in [0.1, 0.15) is 23.7 Å². The molecule has 2 rings (SSSR count). The van der Waals surface area contributed by atoms with Crippen molar-refractivity contribution in [2.45, 2.75) is 18.2 Å². The lowest BCUT2D eigenvalue weighted by Gasteiger charge is -2.10. The summed E-state index contributed by atoms with van der Waals surface area (Å²) in [6.45, 7) is 2.31. The summed E-state index contributed by atoms with van der Waals surface area (Å²) in [6.07, 6.45) is 2.84. The maximum Gasteiger partial charge on any atom is 0.338 e. The molecular weight excluding hydrogens is 338 g/mol. The Morgan fingerprint density at radius 1 is 1.08 bits per heavy atom. The van der Waals surface area contributed by atoms with Crippen molar-refractivity contribution in [3.8, 4) is 5.75 Å². The van der Waals surface area contributed by atoms with Gasteiger partial charge in [-0.2, -0.15) is 0 Å². The third kappa shape index (κ3) is 5.83. The summed E-state index contributed by atoms with van der Waals surface area (Å²) in [5.41, 5.74) is 1.08. The number of rotatable bonds is 8. The molecular formula is C19H21NO4S. The highest BCUT2D eigenvalue weighted by Gasteiger charge is 2.11. The maximum atomic E-state index is 12.0. The van der Waals surface area contributed by atoms with Gasteiger partial charge < -0.3 is 14.8 Å². The summed E-state index contributed by atoms with van der Waals surface area (Å²) in [4.78, 5) is 24.9. The van der Waals surface area contributed by atoms with Crippen molar-refractivity contribution in [1.82, 2.24) is 0 Å². The van der Waals surface area contributed by atoms with E-state index in [1.54, 1.807) is 30.3 Å². The molecule has 5 nitrogen and oxygen atoms in total. The molecule has 1 amide bonds. The number of ether oxygens (including phenoxy) is 2. The third-order valence-electron chi connectivity index (χ3n) is 3.28. The van der Waals surface area contributed by atoms with Crippen LogP contribution < -0.4 is 10.1 Å². The molecule has 0 heterocycles. The van der Waals surface area contributed by atoms with Crippen molar-refractivity contribution in [2.24, 2.45) is 0 Å². The van der Waals surface area contributed by atoms with Crippen molar-refractivity contribution in [2.75, 3.05) is 24.8 Å². The molecule has 1 N–H and O–H groups in total. The topological polar surface area (TPSA) is 64.6 Å². The van der Waals surface area contributed by atoms with Gasteiger partial charge in [-0.05, 0) is 49.1 Å². The largest absolute Gasteiger partial charge is 0.494 e. The summed E-state index contributed by atoms with van der Waals surface area (Å²) < 4.78 is 10.5. The fourth-order valence-electron chi connectivity index (χ4n) is 2.06. The van der Waals surface area contributed by atoms with E-state index in [0.717, 1.165) is 11.3 Å². The molecule has 132 valence electrons. The van der Waals surface area contributed by atoms with Gasteiger partial charge >= 0.3 is 5.97 Å². The summed E-state index contributed by atoms with van der Waals surface area (Å²) in [5, 5.41) is 2.74. The lowest BCUT2D eigenvalue weighted by Crippen LogP contribution is -2.21. The Morgan fingerprint density at radius 3 is 2.48 bits per heavy atom. The minimum Gasteiger partial charge on any atom is -0.494 e. The minimum absolute atomic E-state index is 0.338. The first-order chi connectivity index (χ1) is 12.1. The van der Waals surface area contributed by atoms with Crippen molar-refractivity contribution in [1.29, 1.82) is 0 Å². The normalized spacial score (nSPS) is 10.2. The van der Waals surface area contributed by atoms with E-state index in [-0.39, 0.29) is 12.5 Å². The van der Waals surface area contributed by atoms with Crippen LogP contribution in [-0.4, -0.2) is 31.3 Å². The van der Waals surface area contributed by atoms with Gasteiger partial charge in [-0.3, -0.25) is 4.79 Å². The van der Waals surface area contributed by atoms with Crippen molar-refractivity contribution in [3.63, 3.8) is 0 Å². The van der Waals surface area contributed by atoms with Crippen LogP contribution in [0.5, 0.6) is 5.75 Å². The highest BCUT2D eigenvalue weighted by molar-refractivity contribution is 7.98. The molecule has 0 saturated carbocycles. The van der Waals surface area contributed by atoms with Crippen LogP contribution in [0.4, 0.5) is 5.69 Å². The van der Waals surface area contributed by atoms with E-state index >= 15 is 0 Å². The number of nitrogens with one attached hydrogen (secondary N) is 1. The molecule has 6 heteroatoms. The monoisotopic (exact) mass is 359 g/mol. The van der Waals surface area contributed by atoms with Crippen LogP contribution in [0.2, 0.25) is 0 Å². The van der Waals surface area contributed by atoms with E-state index in [1.165, 1.54) is 11.8 Å². The molecule has 0 bridgehead atoms. The van der Waals surface area contributed by atoms with Gasteiger partial charge in [0.15, 0.2) is 6.61 Å². The quantitative estimate of drug-likeness (QED) is 0.570. The molecule has 0 aliphatic rings. The number of benzene rings is 2. The number of carbonyl (C=O) groups is 2. The Balaban J connectivity index is 1.85. The van der Waals surface area contributed by atoms with Gasteiger partial charge in [0, 0.05) is 4.90 Å². The molecule has 0 aliphatic heterocycles. The second-order valence-corrected chi connectivity index (χ2v) is 6.05. The predicted molar refractivity (Wildman–Crippen MR) is 99.4 cm³/mol. The second-order valence-electron chi connectivity index (χ2n) is 5.20. The number of carbonyl (C=O) groups excluding carboxylic acids is 2. The third-order valence-corrected chi connectivity index (χ3v) is 4.07. The summed E-state index contributed by atoms with van der Waals surface area (Å²) >= 11 is 1.53. The van der Waals surface area contributed by atoms with Gasteiger partial charge in [0.25, 0.3) is 5.91 Å². The Morgan fingerprint density at radius 2 is 1.80 bits per heavy atom. The van der Waals surface area contributed by atoms with E-state index in [2.05, 4.69) is 5.32 Å². The number of anilines is 1. The van der Waals surface area contributed by atoms with E-state index in [4.69, 9.17) is 9.47 Å². The SMILES string of the molecule is CCCOc1ccc(C(=O)OCC(=O)Nc2ccccc2SC)cc1. The molecule has 0 atom stereocenters. The lowest BCUT2D eigenvalue weighted by molar-refractivity contribution is -0.119. The number of esters is 1. The molecule has 0 radical (unpaired) electrons. The van der Waals surface area contributed by atoms with Crippen LogP contribution in [0, 0.1) is 0 Å². The molecule has 0 unspecified atom stereocenters. The Kier molecular flexibility index (Phi) is 7.35. The maximum absolute atomic E-state index is 12.0. The van der Waals surface area contributed by atoms with E-state index < -0.39 is 5.97 Å². The van der Waals surface area contributed by atoms with Crippen LogP contribution in [0.15, 0.2) is 53.4 Å². The van der Waals surface area contributed by atoms with Crippen molar-refractivity contribution >= 4 is 29.3 Å². The zero-order chi connectivity index (χ0) is 18.1. The molecule has 2 aromatic rings. The molecule has 25 heavy (non-hydrogen) atoms. The molecule has 0 aliphatic carbocycles. The Bertz CT molecular complexity index is 716. The van der Waals surface area contributed by atoms with Gasteiger partial charge in [0.1, 0.15) is 5.75 Å². The first kappa shape index (κ1) is 18.9. The van der Waals surface area contributed by atoms with Crippen molar-refractivity contribution < 1.29 is 19.1 Å². The number of thioether (sulfide) groups is 1. The van der Waals surface area contributed by atoms with E-state index in [9.17, 15) is 9.59 Å². The van der Waals surface area contributed by atoms with Gasteiger partial charge in [0.2, 0.25) is 0 Å². The van der Waals surface area contributed by atoms with Gasteiger partial charge in [0.05, 0.1) is 17.9 Å². The molecule has 2 aromatic carbocycles. The Labute approximate surface area is 151 Å². The molecule has 0 spiro atoms. The van der Waals surface area contributed by atoms with Gasteiger partial charge in [-0.15, -0.1) is 11.8 Å². The number of para-hydroxylation sites is 1. The fourth-order valence-corrected chi connectivity index (χ4v) is 2.61. The first-order valence-electron chi connectivity index (χ1n) is 7.97. The van der Waals surface area contributed by atoms with Crippen LogP contribution in [0.25, 0.3) is 0 Å². The molecule has 0 fully saturated rings. The number of hydrogen-bond donors (Lipinski definition) is 1. The average molecular weight is 359 g/mol. The van der Waals surface area contributed by atoms with Crippen LogP contribution in [-0.2, 0) is 9.53 Å².